The number of pyridine rings is 1. The molecule has 15 heavy (non-hydrogen) atoms. The highest BCUT2D eigenvalue weighted by molar-refractivity contribution is 9.25. The number of aromatic nitrogens is 1. The molecule has 3 nitrogen and oxygen atoms in total. The van der Waals surface area contributed by atoms with Crippen molar-refractivity contribution in [3.05, 3.63) is 28.5 Å². The summed E-state index contributed by atoms with van der Waals surface area (Å²) in [6, 6.07) is 1.96. The zero-order valence-corrected chi connectivity index (χ0v) is 12.3. The summed E-state index contributed by atoms with van der Waals surface area (Å²) in [5.41, 5.74) is 0.999. The summed E-state index contributed by atoms with van der Waals surface area (Å²) in [6.45, 7) is 0. The molecular formula is C9H7Br3N2O. The fourth-order valence-corrected chi connectivity index (χ4v) is 2.74. The van der Waals surface area contributed by atoms with E-state index >= 15 is 0 Å². The van der Waals surface area contributed by atoms with E-state index < -0.39 is 3.23 Å². The number of nitrogens with zero attached hydrogens (tertiary/aromatic N) is 1. The van der Waals surface area contributed by atoms with Crippen molar-refractivity contribution >= 4 is 53.7 Å². The Bertz CT molecular complexity index is 408. The first-order chi connectivity index (χ1) is 6.99. The summed E-state index contributed by atoms with van der Waals surface area (Å²) in [6.07, 6.45) is 4.14. The average molecular weight is 399 g/mol. The second-order valence-electron chi connectivity index (χ2n) is 3.37. The van der Waals surface area contributed by atoms with Crippen LogP contribution in [0.5, 0.6) is 0 Å². The quantitative estimate of drug-likeness (QED) is 0.739. The van der Waals surface area contributed by atoms with Crippen LogP contribution in [-0.2, 0) is 4.79 Å². The maximum atomic E-state index is 11.5. The normalized spacial score (nSPS) is 23.9. The van der Waals surface area contributed by atoms with Crippen LogP contribution < -0.4 is 5.32 Å². The van der Waals surface area contributed by atoms with Gasteiger partial charge in [-0.2, -0.15) is 0 Å². The number of carbonyl (C=O) groups is 1. The molecule has 80 valence electrons. The fourth-order valence-electron chi connectivity index (χ4n) is 1.48. The van der Waals surface area contributed by atoms with Crippen LogP contribution in [-0.4, -0.2) is 14.1 Å². The van der Waals surface area contributed by atoms with E-state index in [1.54, 1.807) is 12.4 Å². The van der Waals surface area contributed by atoms with Crippen molar-refractivity contribution < 1.29 is 4.79 Å². The molecule has 2 rings (SSSR count). The van der Waals surface area contributed by atoms with Crippen molar-refractivity contribution in [1.29, 1.82) is 0 Å². The lowest BCUT2D eigenvalue weighted by molar-refractivity contribution is -0.119. The Balaban J connectivity index is 2.25. The first-order valence-corrected chi connectivity index (χ1v) is 6.66. The van der Waals surface area contributed by atoms with Crippen molar-refractivity contribution in [1.82, 2.24) is 10.3 Å². The van der Waals surface area contributed by atoms with Crippen LogP contribution in [0.1, 0.15) is 18.0 Å². The van der Waals surface area contributed by atoms with Crippen molar-refractivity contribution in [2.45, 2.75) is 15.7 Å². The van der Waals surface area contributed by atoms with E-state index in [4.69, 9.17) is 0 Å². The number of amides is 1. The number of carbonyl (C=O) groups excluding carboxylic acids is 1. The largest absolute Gasteiger partial charge is 0.347 e. The summed E-state index contributed by atoms with van der Waals surface area (Å²) in [5.74, 6) is -0.0486. The van der Waals surface area contributed by atoms with Gasteiger partial charge in [0.05, 0.1) is 6.04 Å². The van der Waals surface area contributed by atoms with E-state index in [1.807, 2.05) is 6.07 Å². The monoisotopic (exact) mass is 396 g/mol. The molecule has 0 spiro atoms. The Labute approximate surface area is 112 Å². The summed E-state index contributed by atoms with van der Waals surface area (Å²) >= 11 is 10.0. The first kappa shape index (κ1) is 11.5. The van der Waals surface area contributed by atoms with Crippen molar-refractivity contribution in [3.63, 3.8) is 0 Å². The smallest absolute Gasteiger partial charge is 0.248 e. The van der Waals surface area contributed by atoms with Gasteiger partial charge in [-0.05, 0) is 27.6 Å². The predicted octanol–water partition coefficient (Wildman–Crippen LogP) is 2.89. The van der Waals surface area contributed by atoms with Crippen LogP contribution >= 0.6 is 47.8 Å². The molecule has 1 aromatic heterocycles. The highest BCUT2D eigenvalue weighted by Gasteiger charge is 2.43. The second kappa shape index (κ2) is 4.14. The van der Waals surface area contributed by atoms with Crippen LogP contribution in [0.4, 0.5) is 0 Å². The summed E-state index contributed by atoms with van der Waals surface area (Å²) in [7, 11) is 0. The third kappa shape index (κ3) is 2.42. The molecule has 1 unspecified atom stereocenters. The van der Waals surface area contributed by atoms with Gasteiger partial charge in [-0.15, -0.1) is 0 Å². The maximum Gasteiger partial charge on any atom is 0.248 e. The molecule has 1 amide bonds. The molecule has 1 aliphatic heterocycles. The molecule has 2 heterocycles. The summed E-state index contributed by atoms with van der Waals surface area (Å²) in [5, 5.41) is 2.89. The average Bonchev–Trinajstić information content (AvgIpc) is 2.42. The lowest BCUT2D eigenvalue weighted by Gasteiger charge is -2.10. The van der Waals surface area contributed by atoms with E-state index in [1.165, 1.54) is 0 Å². The first-order valence-electron chi connectivity index (χ1n) is 4.28. The molecule has 1 aliphatic rings. The molecule has 0 radical (unpaired) electrons. The van der Waals surface area contributed by atoms with E-state index in [9.17, 15) is 4.79 Å². The summed E-state index contributed by atoms with van der Waals surface area (Å²) in [4.78, 5) is 15.6. The van der Waals surface area contributed by atoms with E-state index in [2.05, 4.69) is 58.1 Å². The molecule has 1 saturated heterocycles. The molecule has 0 aliphatic carbocycles. The molecule has 6 heteroatoms. The Morgan fingerprint density at radius 3 is 2.73 bits per heavy atom. The van der Waals surface area contributed by atoms with Crippen molar-refractivity contribution in [2.75, 3.05) is 0 Å². The van der Waals surface area contributed by atoms with Crippen molar-refractivity contribution in [3.8, 4) is 0 Å². The van der Waals surface area contributed by atoms with E-state index in [0.717, 1.165) is 10.0 Å². The molecular weight excluding hydrogens is 392 g/mol. The molecule has 0 bridgehead atoms. The van der Waals surface area contributed by atoms with E-state index in [-0.39, 0.29) is 11.9 Å². The second-order valence-corrected chi connectivity index (χ2v) is 8.06. The van der Waals surface area contributed by atoms with Gasteiger partial charge in [-0.25, -0.2) is 0 Å². The fraction of sp³-hybridized carbons (Fsp3) is 0.333. The number of halogens is 3. The highest BCUT2D eigenvalue weighted by atomic mass is 79.9. The lowest BCUT2D eigenvalue weighted by Crippen LogP contribution is -2.26. The number of rotatable bonds is 1. The Kier molecular flexibility index (Phi) is 3.19. The number of nitrogens with one attached hydrogen (secondary N) is 1. The number of hydrogen-bond donors (Lipinski definition) is 1. The van der Waals surface area contributed by atoms with Gasteiger partial charge in [0.25, 0.3) is 0 Å². The van der Waals surface area contributed by atoms with Gasteiger partial charge >= 0.3 is 0 Å². The minimum atomic E-state index is -0.646. The van der Waals surface area contributed by atoms with Gasteiger partial charge < -0.3 is 5.32 Å². The molecule has 1 fully saturated rings. The Morgan fingerprint density at radius 1 is 1.47 bits per heavy atom. The predicted molar refractivity (Wildman–Crippen MR) is 68.0 cm³/mol. The standard InChI is InChI=1S/C9H7Br3N2O/c10-6-1-5(3-13-4-6)7-2-9(11,12)8(15)14-7/h1,3-4,7H,2H2,(H,14,15). The van der Waals surface area contributed by atoms with Crippen LogP contribution in [0.15, 0.2) is 22.9 Å². The minimum absolute atomic E-state index is 0.00116. The van der Waals surface area contributed by atoms with Crippen LogP contribution in [0, 0.1) is 0 Å². The van der Waals surface area contributed by atoms with Crippen molar-refractivity contribution in [2.24, 2.45) is 0 Å². The van der Waals surface area contributed by atoms with Gasteiger partial charge in [-0.1, -0.05) is 31.9 Å². The third-order valence-corrected chi connectivity index (χ3v) is 4.03. The van der Waals surface area contributed by atoms with Gasteiger partial charge in [0, 0.05) is 23.3 Å². The van der Waals surface area contributed by atoms with Crippen LogP contribution in [0.25, 0.3) is 0 Å². The Hall–Kier alpha value is 0.0600. The molecule has 0 aromatic carbocycles. The third-order valence-electron chi connectivity index (χ3n) is 2.23. The lowest BCUT2D eigenvalue weighted by atomic mass is 10.1. The SMILES string of the molecule is O=C1NC(c2cncc(Br)c2)CC1(Br)Br. The molecule has 0 saturated carbocycles. The van der Waals surface area contributed by atoms with Gasteiger partial charge in [0.1, 0.15) is 0 Å². The van der Waals surface area contributed by atoms with E-state index in [0.29, 0.717) is 6.42 Å². The van der Waals surface area contributed by atoms with Gasteiger partial charge in [0.2, 0.25) is 5.91 Å². The highest BCUT2D eigenvalue weighted by Crippen LogP contribution is 2.41. The molecule has 1 aromatic rings. The maximum absolute atomic E-state index is 11.5. The van der Waals surface area contributed by atoms with Gasteiger partial charge in [0.15, 0.2) is 3.23 Å². The Morgan fingerprint density at radius 2 is 2.20 bits per heavy atom. The topological polar surface area (TPSA) is 42.0 Å². The molecule has 1 N–H and O–H groups in total. The van der Waals surface area contributed by atoms with Crippen LogP contribution in [0.2, 0.25) is 0 Å². The number of alkyl halides is 2. The molecule has 1 atom stereocenters. The van der Waals surface area contributed by atoms with Crippen LogP contribution in [0.3, 0.4) is 0 Å². The minimum Gasteiger partial charge on any atom is -0.347 e. The number of hydrogen-bond acceptors (Lipinski definition) is 2. The zero-order chi connectivity index (χ0) is 11.1. The summed E-state index contributed by atoms with van der Waals surface area (Å²) < 4.78 is 0.267. The van der Waals surface area contributed by atoms with Gasteiger partial charge in [-0.3, -0.25) is 9.78 Å². The zero-order valence-electron chi connectivity index (χ0n) is 7.51.